The van der Waals surface area contributed by atoms with Gasteiger partial charge in [0.15, 0.2) is 0 Å². The quantitative estimate of drug-likeness (QED) is 0.0581. The number of hydrogen-bond acceptors (Lipinski definition) is 34. The zero-order valence-electron chi connectivity index (χ0n) is 63.1. The van der Waals surface area contributed by atoms with Crippen molar-refractivity contribution >= 4 is 23.9 Å². The molecule has 0 aliphatic rings. The van der Waals surface area contributed by atoms with Crippen LogP contribution in [0.3, 0.4) is 0 Å². The van der Waals surface area contributed by atoms with E-state index >= 15 is 0 Å². The number of hydrogen-bond donors (Lipinski definition) is 4. The smallest absolute Gasteiger partial charge is 2.00 e. The van der Waals surface area contributed by atoms with Gasteiger partial charge in [-0.05, 0) is 95.9 Å². The molecule has 4 heterocycles. The van der Waals surface area contributed by atoms with E-state index in [1.807, 2.05) is 83.1 Å². The summed E-state index contributed by atoms with van der Waals surface area (Å²) < 4.78 is 0. The van der Waals surface area contributed by atoms with Gasteiger partial charge in [0.05, 0.1) is 10.2 Å². The normalized spacial score (nSPS) is 7.96. The number of carboxylic acids is 4. The largest absolute Gasteiger partial charge is 3.00 e. The van der Waals surface area contributed by atoms with Gasteiger partial charge in [-0.1, -0.05) is 160 Å². The number of aromatic nitrogens is 4. The first-order chi connectivity index (χ1) is 44.6. The fourth-order valence-corrected chi connectivity index (χ4v) is 4.49. The van der Waals surface area contributed by atoms with Gasteiger partial charge in [-0.2, -0.15) is 28.4 Å². The molecule has 38 nitrogen and oxygen atoms in total. The van der Waals surface area contributed by atoms with Crippen molar-refractivity contribution in [2.75, 3.05) is 56.9 Å². The fourth-order valence-electron chi connectivity index (χ4n) is 4.49. The van der Waals surface area contributed by atoms with Crippen LogP contribution < -0.4 is 81.7 Å². The zero-order chi connectivity index (χ0) is 79.9. The van der Waals surface area contributed by atoms with Crippen LogP contribution in [0.4, 0.5) is 0 Å². The molecule has 0 saturated heterocycles. The number of carboxylic acid groups (broad SMARTS) is 4. The van der Waals surface area contributed by atoms with E-state index < -0.39 is 34.1 Å². The third-order valence-corrected chi connectivity index (χ3v) is 7.34. The molecule has 0 fully saturated rings. The number of carbonyl (C=O) groups is 4. The van der Waals surface area contributed by atoms with Crippen molar-refractivity contribution in [3.05, 3.63) is 149 Å². The van der Waals surface area contributed by atoms with Crippen LogP contribution in [-0.2, 0) is 299 Å². The number of rotatable bonds is 12. The standard InChI is InChI=1S/4C7H7NO2.4C6H12O2.4CH4O.4CH3O.5Cu.2NO3.2O.4Y/c4*9-4-6-2-1-3-7(5-10)8-6;4*1-6(2,3)4-5(7)8;8*1-2;;;;;;2*2-1(3)4;;;;;;/h4*1-3H,4-5H2;4*4H2,1-3H3,(H,7,8);4*2H,1H3;4*1H3;;;;;;;;;;;;;/q4*-2;;;;;;;;;4*-1;5*+2;2*-1;2*-2;4*+3/p-4. The van der Waals surface area contributed by atoms with E-state index in [9.17, 15) is 80.5 Å². The molecule has 4 rings (SSSR count). The number of carbonyl (C=O) groups excluding carboxylic acids is 4. The molecule has 4 aromatic heterocycles. The first kappa shape index (κ1) is 178. The average molecular weight is 2090 g/mol. The number of aliphatic carboxylic acids is 4. The first-order valence-corrected chi connectivity index (χ1v) is 26.9. The third kappa shape index (κ3) is 198. The number of pyridine rings is 4. The topological polar surface area (TPSA) is 759 Å². The molecular formula is C60H100Cu5N6O32Y4. The molecular weight excluding hydrogens is 1990 g/mol. The Morgan fingerprint density at radius 2 is 0.364 bits per heavy atom. The minimum Gasteiger partial charge on any atom is -2.00 e. The molecule has 4 N–H and O–H groups in total. The molecule has 0 aliphatic carbocycles. The van der Waals surface area contributed by atoms with Crippen LogP contribution in [0.2, 0.25) is 0 Å². The van der Waals surface area contributed by atoms with Crippen LogP contribution in [0.1, 0.15) is 154 Å². The van der Waals surface area contributed by atoms with Gasteiger partial charge in [-0.15, -0.1) is 0 Å². The zero-order valence-corrected chi connectivity index (χ0v) is 79.2. The Bertz CT molecular complexity index is 1980. The molecule has 0 unspecified atom stereocenters. The van der Waals surface area contributed by atoms with Gasteiger partial charge in [-0.25, -0.2) is 0 Å². The van der Waals surface area contributed by atoms with Crippen molar-refractivity contribution in [3.8, 4) is 0 Å². The van der Waals surface area contributed by atoms with E-state index in [0.29, 0.717) is 45.6 Å². The summed E-state index contributed by atoms with van der Waals surface area (Å²) >= 11 is 0. The monoisotopic (exact) mass is 2090 g/mol. The molecule has 4 aromatic rings. The maximum Gasteiger partial charge on any atom is 3.00 e. The van der Waals surface area contributed by atoms with Gasteiger partial charge in [0.1, 0.15) is 0 Å². The van der Waals surface area contributed by atoms with Crippen molar-refractivity contribution in [2.45, 2.75) is 162 Å². The summed E-state index contributed by atoms with van der Waals surface area (Å²) in [5, 5.41) is 212. The second-order valence-corrected chi connectivity index (χ2v) is 20.5. The molecule has 5 radical (unpaired) electrons. The summed E-state index contributed by atoms with van der Waals surface area (Å²) in [7, 11) is 7.00. The number of aliphatic hydroxyl groups excluding tert-OH is 4. The molecule has 0 amide bonds. The maximum atomic E-state index is 10.2. The Morgan fingerprint density at radius 3 is 0.402 bits per heavy atom. The Labute approximate surface area is 782 Å². The molecule has 0 atom stereocenters. The SMILES string of the molecule is CC(C)(C)CC(=O)[O-].CC(C)(C)CC(=O)[O-].CC(C)(C)CC(=O)[O-].CC(C)(C)CC(=O)[O-].CO.CO.CO.CO.C[O-].C[O-].C[O-].C[O-].O=[N+]([O-])[O-].O=[N+]([O-])[O-].[Cu+2].[Cu+2].[Cu+2].[Cu+2].[Cu+2].[O-2].[O-2].[O-]Cc1cccc(C[O-])n1.[O-]Cc1cccc(C[O-])n1.[O-]Cc1cccc(C[O-])n1.[O-]Cc1cccc(C[O-])n1.[Y+3].[Y+3].[Y+3].[Y+3]. The van der Waals surface area contributed by atoms with Crippen molar-refractivity contribution in [1.82, 2.24) is 19.9 Å². The van der Waals surface area contributed by atoms with Gasteiger partial charge in [0, 0.05) is 97.9 Å². The van der Waals surface area contributed by atoms with Crippen LogP contribution in [0, 0.1) is 52.3 Å². The van der Waals surface area contributed by atoms with Crippen LogP contribution in [-0.4, -0.2) is 131 Å². The summed E-state index contributed by atoms with van der Waals surface area (Å²) in [5.41, 5.74) is 2.95. The summed E-state index contributed by atoms with van der Waals surface area (Å²) in [6.07, 6.45) is 0.528. The molecule has 47 heteroatoms. The molecule has 107 heavy (non-hydrogen) atoms. The Hall–Kier alpha value is -0.827. The van der Waals surface area contributed by atoms with Gasteiger partial charge in [0.25, 0.3) is 0 Å². The second kappa shape index (κ2) is 131. The van der Waals surface area contributed by atoms with E-state index in [4.69, 9.17) is 71.5 Å². The van der Waals surface area contributed by atoms with Gasteiger partial charge >= 0.3 is 216 Å². The van der Waals surface area contributed by atoms with Crippen LogP contribution in [0.25, 0.3) is 0 Å². The third-order valence-electron chi connectivity index (χ3n) is 7.34. The molecule has 629 valence electrons. The number of nitrogens with zero attached hydrogens (tertiary/aromatic N) is 6. The van der Waals surface area contributed by atoms with Gasteiger partial charge in [-0.3, -0.25) is 19.9 Å². The van der Waals surface area contributed by atoms with Crippen LogP contribution >= 0.6 is 0 Å². The Kier molecular flexibility index (Phi) is 219. The van der Waals surface area contributed by atoms with E-state index in [-0.39, 0.29) is 327 Å². The summed E-state index contributed by atoms with van der Waals surface area (Å²) in [5.74, 6) is -3.90. The first-order valence-electron chi connectivity index (χ1n) is 26.9. The van der Waals surface area contributed by atoms with Crippen molar-refractivity contribution in [3.63, 3.8) is 0 Å². The molecule has 0 saturated carbocycles. The van der Waals surface area contributed by atoms with E-state index in [0.717, 1.165) is 56.9 Å². The summed E-state index contributed by atoms with van der Waals surface area (Å²) in [6, 6.07) is 19.6. The maximum absolute atomic E-state index is 10.2. The minimum absolute atomic E-state index is 0. The van der Waals surface area contributed by atoms with Crippen molar-refractivity contribution in [1.29, 1.82) is 0 Å². The Morgan fingerprint density at radius 1 is 0.290 bits per heavy atom. The Balaban J connectivity index is -0.0000000296. The van der Waals surface area contributed by atoms with E-state index in [2.05, 4.69) is 19.9 Å². The van der Waals surface area contributed by atoms with E-state index in [1.165, 1.54) is 0 Å². The van der Waals surface area contributed by atoms with Gasteiger partial charge in [0.2, 0.25) is 0 Å². The molecule has 0 aliphatic heterocycles. The summed E-state index contributed by atoms with van der Waals surface area (Å²) in [4.78, 5) is 71.3. The predicted molar refractivity (Wildman–Crippen MR) is 321 cm³/mol. The minimum atomic E-state index is -1.75. The molecule has 0 aromatic carbocycles. The van der Waals surface area contributed by atoms with Gasteiger partial charge < -0.3 is 163 Å². The van der Waals surface area contributed by atoms with Crippen molar-refractivity contribution in [2.24, 2.45) is 21.7 Å². The van der Waals surface area contributed by atoms with Crippen LogP contribution in [0.15, 0.2) is 72.8 Å². The number of aliphatic hydroxyl groups is 4. The van der Waals surface area contributed by atoms with E-state index in [1.54, 1.807) is 72.8 Å². The predicted octanol–water partition coefficient (Wildman–Crippen LogP) is -10.5. The second-order valence-electron chi connectivity index (χ2n) is 20.5. The van der Waals surface area contributed by atoms with Crippen molar-refractivity contribution < 1.29 is 359 Å². The molecule has 0 spiro atoms. The fraction of sp³-hybridized carbons (Fsp3) is 0.600. The summed E-state index contributed by atoms with van der Waals surface area (Å²) in [6.45, 7) is 19.5. The van der Waals surface area contributed by atoms with Crippen LogP contribution in [0.5, 0.6) is 0 Å². The average Bonchev–Trinajstić information content (AvgIpc) is 0.940. The molecule has 0 bridgehead atoms.